The summed E-state index contributed by atoms with van der Waals surface area (Å²) in [6.45, 7) is 5.25. The van der Waals surface area contributed by atoms with Crippen molar-refractivity contribution in [2.45, 2.75) is 32.6 Å². The molecule has 132 valence electrons. The Balaban J connectivity index is 1.89. The number of likely N-dealkylation sites (tertiary alicyclic amines) is 1. The van der Waals surface area contributed by atoms with Crippen LogP contribution in [-0.2, 0) is 9.53 Å². The van der Waals surface area contributed by atoms with Crippen LogP contribution in [0.2, 0.25) is 0 Å². The van der Waals surface area contributed by atoms with Crippen molar-refractivity contribution in [3.63, 3.8) is 0 Å². The second-order valence-electron chi connectivity index (χ2n) is 6.10. The number of esters is 1. The van der Waals surface area contributed by atoms with Crippen LogP contribution >= 0.6 is 11.3 Å². The van der Waals surface area contributed by atoms with Crippen LogP contribution in [0.15, 0.2) is 30.3 Å². The molecule has 1 aromatic carbocycles. The van der Waals surface area contributed by atoms with Gasteiger partial charge in [0.1, 0.15) is 4.88 Å². The zero-order valence-corrected chi connectivity index (χ0v) is 15.3. The predicted octanol–water partition coefficient (Wildman–Crippen LogP) is 3.71. The molecule has 3 rings (SSSR count). The molecule has 0 aliphatic carbocycles. The van der Waals surface area contributed by atoms with E-state index >= 15 is 0 Å². The maximum atomic E-state index is 12.4. The van der Waals surface area contributed by atoms with E-state index in [1.165, 1.54) is 11.3 Å². The number of hydrogen-bond donors (Lipinski definition) is 0. The maximum Gasteiger partial charge on any atom is 0.350 e. The topological polar surface area (TPSA) is 59.5 Å². The second-order valence-corrected chi connectivity index (χ2v) is 7.13. The van der Waals surface area contributed by atoms with E-state index in [2.05, 4.69) is 0 Å². The van der Waals surface area contributed by atoms with Gasteiger partial charge in [-0.3, -0.25) is 4.79 Å². The van der Waals surface area contributed by atoms with Crippen molar-refractivity contribution in [2.24, 2.45) is 0 Å². The van der Waals surface area contributed by atoms with Gasteiger partial charge in [-0.15, -0.1) is 11.3 Å². The van der Waals surface area contributed by atoms with E-state index in [0.29, 0.717) is 17.2 Å². The molecule has 0 bridgehead atoms. The Morgan fingerprint density at radius 1 is 1.24 bits per heavy atom. The first-order chi connectivity index (χ1) is 12.1. The molecule has 1 fully saturated rings. The number of piperidine rings is 1. The molecule has 6 heteroatoms. The third-order valence-electron chi connectivity index (χ3n) is 4.44. The van der Waals surface area contributed by atoms with E-state index in [4.69, 9.17) is 9.72 Å². The predicted molar refractivity (Wildman–Crippen MR) is 97.7 cm³/mol. The Hall–Kier alpha value is -2.21. The SMILES string of the molecule is CCOC(=O)c1sc(C2CCN(C(C)=O)CC2)nc1-c1ccccc1. The minimum atomic E-state index is -0.314. The first-order valence-corrected chi connectivity index (χ1v) is 9.40. The summed E-state index contributed by atoms with van der Waals surface area (Å²) < 4.78 is 5.22. The zero-order valence-electron chi connectivity index (χ0n) is 14.5. The van der Waals surface area contributed by atoms with Gasteiger partial charge in [0.15, 0.2) is 0 Å². The number of hydrogen-bond acceptors (Lipinski definition) is 5. The first kappa shape index (κ1) is 17.6. The molecule has 0 unspecified atom stereocenters. The number of rotatable bonds is 4. The van der Waals surface area contributed by atoms with Crippen LogP contribution in [0, 0.1) is 0 Å². The number of thiazole rings is 1. The number of benzene rings is 1. The van der Waals surface area contributed by atoms with Gasteiger partial charge < -0.3 is 9.64 Å². The van der Waals surface area contributed by atoms with Gasteiger partial charge >= 0.3 is 5.97 Å². The highest BCUT2D eigenvalue weighted by molar-refractivity contribution is 7.14. The van der Waals surface area contributed by atoms with Crippen LogP contribution in [0.5, 0.6) is 0 Å². The van der Waals surface area contributed by atoms with Crippen LogP contribution in [0.4, 0.5) is 0 Å². The summed E-state index contributed by atoms with van der Waals surface area (Å²) in [6.07, 6.45) is 1.76. The van der Waals surface area contributed by atoms with E-state index in [0.717, 1.165) is 36.5 Å². The van der Waals surface area contributed by atoms with Crippen LogP contribution in [0.3, 0.4) is 0 Å². The van der Waals surface area contributed by atoms with Gasteiger partial charge in [0.25, 0.3) is 0 Å². The van der Waals surface area contributed by atoms with Crippen molar-refractivity contribution in [1.82, 2.24) is 9.88 Å². The van der Waals surface area contributed by atoms with Crippen molar-refractivity contribution >= 4 is 23.2 Å². The van der Waals surface area contributed by atoms with Gasteiger partial charge in [0, 0.05) is 31.5 Å². The molecule has 0 radical (unpaired) electrons. The van der Waals surface area contributed by atoms with Crippen molar-refractivity contribution in [3.8, 4) is 11.3 Å². The molecule has 25 heavy (non-hydrogen) atoms. The molecule has 1 aliphatic rings. The summed E-state index contributed by atoms with van der Waals surface area (Å²) in [5.74, 6) is 0.0901. The Labute approximate surface area is 151 Å². The van der Waals surface area contributed by atoms with Crippen molar-refractivity contribution in [3.05, 3.63) is 40.2 Å². The quantitative estimate of drug-likeness (QED) is 0.782. The van der Waals surface area contributed by atoms with Gasteiger partial charge in [-0.2, -0.15) is 0 Å². The Morgan fingerprint density at radius 3 is 2.52 bits per heavy atom. The summed E-state index contributed by atoms with van der Waals surface area (Å²) in [4.78, 5) is 31.1. The molecule has 2 heterocycles. The fraction of sp³-hybridized carbons (Fsp3) is 0.421. The lowest BCUT2D eigenvalue weighted by Crippen LogP contribution is -2.36. The molecule has 5 nitrogen and oxygen atoms in total. The number of carbonyl (C=O) groups is 2. The zero-order chi connectivity index (χ0) is 17.8. The average Bonchev–Trinajstić information content (AvgIpc) is 3.08. The summed E-state index contributed by atoms with van der Waals surface area (Å²) >= 11 is 1.43. The lowest BCUT2D eigenvalue weighted by molar-refractivity contribution is -0.129. The molecule has 1 aromatic heterocycles. The molecule has 2 aromatic rings. The molecule has 0 N–H and O–H groups in total. The molecule has 1 amide bonds. The minimum Gasteiger partial charge on any atom is -0.462 e. The summed E-state index contributed by atoms with van der Waals surface area (Å²) in [6, 6.07) is 9.74. The number of ether oxygens (including phenoxy) is 1. The van der Waals surface area contributed by atoms with E-state index in [1.807, 2.05) is 35.2 Å². The summed E-state index contributed by atoms with van der Waals surface area (Å²) in [5.41, 5.74) is 1.63. The summed E-state index contributed by atoms with van der Waals surface area (Å²) in [7, 11) is 0. The van der Waals surface area contributed by atoms with Crippen LogP contribution < -0.4 is 0 Å². The third-order valence-corrected chi connectivity index (χ3v) is 5.64. The van der Waals surface area contributed by atoms with Crippen LogP contribution in [0.1, 0.15) is 47.3 Å². The largest absolute Gasteiger partial charge is 0.462 e. The fourth-order valence-corrected chi connectivity index (χ4v) is 4.23. The number of nitrogens with zero attached hydrogens (tertiary/aromatic N) is 2. The fourth-order valence-electron chi connectivity index (χ4n) is 3.08. The molecule has 0 atom stereocenters. The number of aromatic nitrogens is 1. The third kappa shape index (κ3) is 3.90. The van der Waals surface area contributed by atoms with E-state index in [1.54, 1.807) is 13.8 Å². The Kier molecular flexibility index (Phi) is 5.48. The van der Waals surface area contributed by atoms with Crippen LogP contribution in [0.25, 0.3) is 11.3 Å². The maximum absolute atomic E-state index is 12.4. The molecule has 1 aliphatic heterocycles. The second kappa shape index (κ2) is 7.78. The highest BCUT2D eigenvalue weighted by Gasteiger charge is 2.28. The van der Waals surface area contributed by atoms with Gasteiger partial charge in [-0.25, -0.2) is 9.78 Å². The highest BCUT2D eigenvalue weighted by atomic mass is 32.1. The Morgan fingerprint density at radius 2 is 1.92 bits per heavy atom. The van der Waals surface area contributed by atoms with Gasteiger partial charge in [-0.05, 0) is 19.8 Å². The standard InChI is InChI=1S/C19H22N2O3S/c1-3-24-19(23)17-16(14-7-5-4-6-8-14)20-18(25-17)15-9-11-21(12-10-15)13(2)22/h4-8,15H,3,9-12H2,1-2H3. The van der Waals surface area contributed by atoms with E-state index < -0.39 is 0 Å². The van der Waals surface area contributed by atoms with Crippen molar-refractivity contribution in [1.29, 1.82) is 0 Å². The lowest BCUT2D eigenvalue weighted by Gasteiger charge is -2.30. The monoisotopic (exact) mass is 358 g/mol. The van der Waals surface area contributed by atoms with Gasteiger partial charge in [-0.1, -0.05) is 30.3 Å². The first-order valence-electron chi connectivity index (χ1n) is 8.59. The molecule has 1 saturated heterocycles. The smallest absolute Gasteiger partial charge is 0.350 e. The molecule has 0 spiro atoms. The minimum absolute atomic E-state index is 0.120. The number of carbonyl (C=O) groups excluding carboxylic acids is 2. The molecular weight excluding hydrogens is 336 g/mol. The average molecular weight is 358 g/mol. The Bertz CT molecular complexity index is 749. The normalized spacial score (nSPS) is 15.2. The lowest BCUT2D eigenvalue weighted by atomic mass is 9.97. The highest BCUT2D eigenvalue weighted by Crippen LogP contribution is 2.36. The molecule has 0 saturated carbocycles. The summed E-state index contributed by atoms with van der Waals surface area (Å²) in [5, 5.41) is 0.963. The van der Waals surface area contributed by atoms with E-state index in [-0.39, 0.29) is 17.8 Å². The van der Waals surface area contributed by atoms with Crippen molar-refractivity contribution in [2.75, 3.05) is 19.7 Å². The van der Waals surface area contributed by atoms with Gasteiger partial charge in [0.05, 0.1) is 17.3 Å². The van der Waals surface area contributed by atoms with E-state index in [9.17, 15) is 9.59 Å². The number of amides is 1. The van der Waals surface area contributed by atoms with Crippen molar-refractivity contribution < 1.29 is 14.3 Å². The van der Waals surface area contributed by atoms with Gasteiger partial charge in [0.2, 0.25) is 5.91 Å². The molecular formula is C19H22N2O3S. The van der Waals surface area contributed by atoms with Crippen LogP contribution in [-0.4, -0.2) is 41.5 Å².